The van der Waals surface area contributed by atoms with Gasteiger partial charge in [-0.2, -0.15) is 0 Å². The van der Waals surface area contributed by atoms with Gasteiger partial charge in [-0.1, -0.05) is 32.0 Å². The second-order valence-electron chi connectivity index (χ2n) is 5.94. The predicted molar refractivity (Wildman–Crippen MR) is 103 cm³/mol. The molecule has 0 unspecified atom stereocenters. The van der Waals surface area contributed by atoms with Gasteiger partial charge in [0.15, 0.2) is 0 Å². The molecule has 2 N–H and O–H groups in total. The minimum absolute atomic E-state index is 0.106. The SMILES string of the molecule is CC(C)CCOc1cccc(NC(=O)CNc2ccccc2Br)c1. The first kappa shape index (κ1) is 18.3. The van der Waals surface area contributed by atoms with Crippen LogP contribution < -0.4 is 15.4 Å². The van der Waals surface area contributed by atoms with Crippen molar-refractivity contribution in [1.29, 1.82) is 0 Å². The van der Waals surface area contributed by atoms with E-state index in [2.05, 4.69) is 40.4 Å². The van der Waals surface area contributed by atoms with E-state index in [4.69, 9.17) is 4.74 Å². The molecule has 2 rings (SSSR count). The van der Waals surface area contributed by atoms with Crippen LogP contribution in [0.25, 0.3) is 0 Å². The summed E-state index contributed by atoms with van der Waals surface area (Å²) in [5, 5.41) is 5.98. The average Bonchev–Trinajstić information content (AvgIpc) is 2.54. The number of para-hydroxylation sites is 1. The zero-order valence-corrected chi connectivity index (χ0v) is 15.6. The lowest BCUT2D eigenvalue weighted by atomic mass is 10.1. The lowest BCUT2D eigenvalue weighted by molar-refractivity contribution is -0.114. The minimum atomic E-state index is -0.106. The van der Waals surface area contributed by atoms with E-state index in [1.807, 2.05) is 48.5 Å². The quantitative estimate of drug-likeness (QED) is 0.671. The standard InChI is InChI=1S/C19H23BrN2O2/c1-14(2)10-11-24-16-7-5-6-15(12-16)22-19(23)13-21-18-9-4-3-8-17(18)20/h3-9,12,14,21H,10-11,13H2,1-2H3,(H,22,23). The molecule has 0 aliphatic carbocycles. The number of anilines is 2. The zero-order valence-electron chi connectivity index (χ0n) is 14.0. The maximum absolute atomic E-state index is 12.1. The number of amides is 1. The van der Waals surface area contributed by atoms with E-state index in [-0.39, 0.29) is 12.5 Å². The summed E-state index contributed by atoms with van der Waals surface area (Å²) in [5.41, 5.74) is 1.62. The van der Waals surface area contributed by atoms with Crippen molar-refractivity contribution >= 4 is 33.2 Å². The number of halogens is 1. The van der Waals surface area contributed by atoms with Crippen molar-refractivity contribution in [3.8, 4) is 5.75 Å². The van der Waals surface area contributed by atoms with Crippen molar-refractivity contribution in [2.75, 3.05) is 23.8 Å². The molecule has 1 amide bonds. The van der Waals surface area contributed by atoms with Gasteiger partial charge in [0.2, 0.25) is 5.91 Å². The Morgan fingerprint density at radius 2 is 1.96 bits per heavy atom. The van der Waals surface area contributed by atoms with E-state index in [0.717, 1.165) is 28.0 Å². The van der Waals surface area contributed by atoms with E-state index in [9.17, 15) is 4.79 Å². The molecule has 0 heterocycles. The molecular weight excluding hydrogens is 368 g/mol. The van der Waals surface area contributed by atoms with E-state index in [1.165, 1.54) is 0 Å². The molecule has 0 aliphatic rings. The molecule has 0 radical (unpaired) electrons. The van der Waals surface area contributed by atoms with Crippen LogP contribution in [0.5, 0.6) is 5.75 Å². The molecule has 0 atom stereocenters. The van der Waals surface area contributed by atoms with Crippen LogP contribution in [-0.2, 0) is 4.79 Å². The molecule has 2 aromatic carbocycles. The summed E-state index contributed by atoms with van der Waals surface area (Å²) < 4.78 is 6.64. The van der Waals surface area contributed by atoms with E-state index in [1.54, 1.807) is 0 Å². The smallest absolute Gasteiger partial charge is 0.243 e. The first-order valence-corrected chi connectivity index (χ1v) is 8.85. The first-order chi connectivity index (χ1) is 11.5. The summed E-state index contributed by atoms with van der Waals surface area (Å²) in [6, 6.07) is 15.2. The van der Waals surface area contributed by atoms with Gasteiger partial charge in [0.25, 0.3) is 0 Å². The summed E-state index contributed by atoms with van der Waals surface area (Å²) >= 11 is 3.45. The maximum Gasteiger partial charge on any atom is 0.243 e. The second kappa shape index (κ2) is 9.33. The summed E-state index contributed by atoms with van der Waals surface area (Å²) in [6.45, 7) is 5.20. The largest absolute Gasteiger partial charge is 0.494 e. The van der Waals surface area contributed by atoms with Crippen molar-refractivity contribution in [2.45, 2.75) is 20.3 Å². The van der Waals surface area contributed by atoms with Crippen LogP contribution in [0.1, 0.15) is 20.3 Å². The fourth-order valence-corrected chi connectivity index (χ4v) is 2.49. The molecule has 4 nitrogen and oxygen atoms in total. The highest BCUT2D eigenvalue weighted by Gasteiger charge is 2.05. The zero-order chi connectivity index (χ0) is 17.4. The summed E-state index contributed by atoms with van der Waals surface area (Å²) in [6.07, 6.45) is 1.01. The van der Waals surface area contributed by atoms with E-state index >= 15 is 0 Å². The minimum Gasteiger partial charge on any atom is -0.494 e. The van der Waals surface area contributed by atoms with Crippen molar-refractivity contribution in [3.05, 3.63) is 53.0 Å². The lowest BCUT2D eigenvalue weighted by Gasteiger charge is -2.11. The molecular formula is C19H23BrN2O2. The molecule has 24 heavy (non-hydrogen) atoms. The molecule has 2 aromatic rings. The van der Waals surface area contributed by atoms with Crippen LogP contribution >= 0.6 is 15.9 Å². The summed E-state index contributed by atoms with van der Waals surface area (Å²) in [7, 11) is 0. The third kappa shape index (κ3) is 6.24. The number of nitrogens with one attached hydrogen (secondary N) is 2. The normalized spacial score (nSPS) is 10.5. The van der Waals surface area contributed by atoms with E-state index < -0.39 is 0 Å². The van der Waals surface area contributed by atoms with Gasteiger partial charge in [0.05, 0.1) is 13.2 Å². The number of carbonyl (C=O) groups excluding carboxylic acids is 1. The predicted octanol–water partition coefficient (Wildman–Crippen LogP) is 4.92. The van der Waals surface area contributed by atoms with Gasteiger partial charge in [0.1, 0.15) is 5.75 Å². The molecule has 5 heteroatoms. The Balaban J connectivity index is 1.84. The molecule has 0 fully saturated rings. The van der Waals surface area contributed by atoms with Gasteiger partial charge < -0.3 is 15.4 Å². The van der Waals surface area contributed by atoms with E-state index in [0.29, 0.717) is 12.5 Å². The van der Waals surface area contributed by atoms with Gasteiger partial charge in [-0.05, 0) is 52.5 Å². The Hall–Kier alpha value is -2.01. The third-order valence-electron chi connectivity index (χ3n) is 3.39. The van der Waals surface area contributed by atoms with Crippen molar-refractivity contribution < 1.29 is 9.53 Å². The number of benzene rings is 2. The molecule has 0 aliphatic heterocycles. The third-order valence-corrected chi connectivity index (χ3v) is 4.09. The topological polar surface area (TPSA) is 50.4 Å². The van der Waals surface area contributed by atoms with Gasteiger partial charge in [0, 0.05) is 21.9 Å². The molecule has 0 bridgehead atoms. The summed E-state index contributed by atoms with van der Waals surface area (Å²) in [4.78, 5) is 12.1. The van der Waals surface area contributed by atoms with Crippen LogP contribution in [-0.4, -0.2) is 19.1 Å². The van der Waals surface area contributed by atoms with Crippen molar-refractivity contribution in [1.82, 2.24) is 0 Å². The summed E-state index contributed by atoms with van der Waals surface area (Å²) in [5.74, 6) is 1.27. The highest BCUT2D eigenvalue weighted by atomic mass is 79.9. The molecule has 0 saturated carbocycles. The Morgan fingerprint density at radius 3 is 2.71 bits per heavy atom. The molecule has 0 spiro atoms. The highest BCUT2D eigenvalue weighted by Crippen LogP contribution is 2.21. The van der Waals surface area contributed by atoms with Gasteiger partial charge >= 0.3 is 0 Å². The van der Waals surface area contributed by atoms with Gasteiger partial charge in [-0.25, -0.2) is 0 Å². The fraction of sp³-hybridized carbons (Fsp3) is 0.316. The van der Waals surface area contributed by atoms with Crippen molar-refractivity contribution in [2.24, 2.45) is 5.92 Å². The average molecular weight is 391 g/mol. The number of carbonyl (C=O) groups is 1. The number of hydrogen-bond donors (Lipinski definition) is 2. The maximum atomic E-state index is 12.1. The Kier molecular flexibility index (Phi) is 7.12. The number of hydrogen-bond acceptors (Lipinski definition) is 3. The Labute approximate surface area is 151 Å². The molecule has 0 saturated heterocycles. The molecule has 128 valence electrons. The molecule has 0 aromatic heterocycles. The first-order valence-electron chi connectivity index (χ1n) is 8.05. The van der Waals surface area contributed by atoms with Crippen molar-refractivity contribution in [3.63, 3.8) is 0 Å². The fourth-order valence-electron chi connectivity index (χ4n) is 2.06. The Bertz CT molecular complexity index is 674. The van der Waals surface area contributed by atoms with Gasteiger partial charge in [-0.3, -0.25) is 4.79 Å². The number of rotatable bonds is 8. The highest BCUT2D eigenvalue weighted by molar-refractivity contribution is 9.10. The lowest BCUT2D eigenvalue weighted by Crippen LogP contribution is -2.21. The number of ether oxygens (including phenoxy) is 1. The van der Waals surface area contributed by atoms with Crippen LogP contribution in [0.3, 0.4) is 0 Å². The van der Waals surface area contributed by atoms with Crippen LogP contribution in [0.4, 0.5) is 11.4 Å². The Morgan fingerprint density at radius 1 is 1.17 bits per heavy atom. The monoisotopic (exact) mass is 390 g/mol. The van der Waals surface area contributed by atoms with Crippen LogP contribution in [0.15, 0.2) is 53.0 Å². The van der Waals surface area contributed by atoms with Crippen LogP contribution in [0, 0.1) is 5.92 Å². The van der Waals surface area contributed by atoms with Gasteiger partial charge in [-0.15, -0.1) is 0 Å². The van der Waals surface area contributed by atoms with Crippen LogP contribution in [0.2, 0.25) is 0 Å². The second-order valence-corrected chi connectivity index (χ2v) is 6.79.